The summed E-state index contributed by atoms with van der Waals surface area (Å²) in [5.74, 6) is 0. The summed E-state index contributed by atoms with van der Waals surface area (Å²) in [4.78, 5) is 3.97. The Morgan fingerprint density at radius 2 is 2.42 bits per heavy atom. The van der Waals surface area contributed by atoms with Crippen LogP contribution < -0.4 is 5.73 Å². The molecular formula is C9H14N2O. The second-order valence-corrected chi connectivity index (χ2v) is 2.72. The fourth-order valence-electron chi connectivity index (χ4n) is 1.19. The van der Waals surface area contributed by atoms with E-state index in [1.807, 2.05) is 6.07 Å². The number of nitrogens with zero attached hydrogens (tertiary/aromatic N) is 1. The van der Waals surface area contributed by atoms with Crippen LogP contribution in [0.5, 0.6) is 0 Å². The quantitative estimate of drug-likeness (QED) is 0.692. The van der Waals surface area contributed by atoms with Crippen molar-refractivity contribution in [3.8, 4) is 0 Å². The summed E-state index contributed by atoms with van der Waals surface area (Å²) in [5, 5.41) is 8.86. The summed E-state index contributed by atoms with van der Waals surface area (Å²) in [6, 6.07) is 1.64. The lowest BCUT2D eigenvalue weighted by Gasteiger charge is -2.11. The first-order chi connectivity index (χ1) is 5.79. The van der Waals surface area contributed by atoms with Crippen molar-refractivity contribution in [2.45, 2.75) is 19.4 Å². The zero-order valence-electron chi connectivity index (χ0n) is 7.20. The molecule has 66 valence electrons. The number of aryl methyl sites for hydroxylation is 1. The Balaban J connectivity index is 2.96. The minimum Gasteiger partial charge on any atom is -0.394 e. The van der Waals surface area contributed by atoms with Crippen LogP contribution in [0.15, 0.2) is 18.5 Å². The van der Waals surface area contributed by atoms with Gasteiger partial charge in [-0.1, -0.05) is 6.92 Å². The topological polar surface area (TPSA) is 59.1 Å². The van der Waals surface area contributed by atoms with Crippen molar-refractivity contribution in [1.29, 1.82) is 0 Å². The summed E-state index contributed by atoms with van der Waals surface area (Å²) in [5.41, 5.74) is 7.79. The Morgan fingerprint density at radius 3 is 3.00 bits per heavy atom. The molecule has 1 heterocycles. The van der Waals surface area contributed by atoms with Gasteiger partial charge in [-0.15, -0.1) is 0 Å². The van der Waals surface area contributed by atoms with Gasteiger partial charge in [0.2, 0.25) is 0 Å². The number of nitrogens with two attached hydrogens (primary N) is 1. The van der Waals surface area contributed by atoms with Crippen molar-refractivity contribution >= 4 is 0 Å². The van der Waals surface area contributed by atoms with Crippen LogP contribution >= 0.6 is 0 Å². The molecule has 0 radical (unpaired) electrons. The van der Waals surface area contributed by atoms with Gasteiger partial charge in [-0.05, 0) is 23.6 Å². The van der Waals surface area contributed by atoms with Gasteiger partial charge in [0.05, 0.1) is 12.6 Å². The highest BCUT2D eigenvalue weighted by molar-refractivity contribution is 5.26. The molecular weight excluding hydrogens is 152 g/mol. The lowest BCUT2D eigenvalue weighted by atomic mass is 10.0. The number of pyridine rings is 1. The minimum atomic E-state index is -0.298. The number of hydrogen-bond acceptors (Lipinski definition) is 3. The van der Waals surface area contributed by atoms with Crippen molar-refractivity contribution in [3.05, 3.63) is 29.6 Å². The maximum absolute atomic E-state index is 8.86. The van der Waals surface area contributed by atoms with E-state index in [1.54, 1.807) is 12.4 Å². The maximum Gasteiger partial charge on any atom is 0.0625 e. The third-order valence-electron chi connectivity index (χ3n) is 1.92. The molecule has 0 fully saturated rings. The van der Waals surface area contributed by atoms with E-state index >= 15 is 0 Å². The molecule has 12 heavy (non-hydrogen) atoms. The molecule has 3 N–H and O–H groups in total. The van der Waals surface area contributed by atoms with Crippen LogP contribution in [0.4, 0.5) is 0 Å². The van der Waals surface area contributed by atoms with Crippen molar-refractivity contribution in [2.75, 3.05) is 6.61 Å². The molecule has 0 aliphatic carbocycles. The molecule has 0 bridgehead atoms. The Bertz CT molecular complexity index is 250. The van der Waals surface area contributed by atoms with E-state index in [9.17, 15) is 0 Å². The van der Waals surface area contributed by atoms with Gasteiger partial charge in [-0.25, -0.2) is 0 Å². The molecule has 0 aliphatic rings. The highest BCUT2D eigenvalue weighted by Gasteiger charge is 2.07. The molecule has 1 aromatic rings. The molecule has 3 nitrogen and oxygen atoms in total. The van der Waals surface area contributed by atoms with E-state index in [1.165, 1.54) is 0 Å². The Morgan fingerprint density at radius 1 is 1.67 bits per heavy atom. The predicted molar refractivity (Wildman–Crippen MR) is 47.6 cm³/mol. The highest BCUT2D eigenvalue weighted by Crippen LogP contribution is 2.14. The molecule has 0 aromatic carbocycles. The van der Waals surface area contributed by atoms with E-state index in [0.29, 0.717) is 0 Å². The van der Waals surface area contributed by atoms with Gasteiger partial charge < -0.3 is 10.8 Å². The SMILES string of the molecule is CCc1ccncc1[C@@H](N)CO. The molecule has 1 rings (SSSR count). The van der Waals surface area contributed by atoms with Crippen molar-refractivity contribution in [1.82, 2.24) is 4.98 Å². The molecule has 0 amide bonds. The van der Waals surface area contributed by atoms with E-state index in [0.717, 1.165) is 17.5 Å². The number of aromatic nitrogens is 1. The normalized spacial score (nSPS) is 12.9. The van der Waals surface area contributed by atoms with Crippen molar-refractivity contribution in [2.24, 2.45) is 5.73 Å². The van der Waals surface area contributed by atoms with Gasteiger partial charge in [-0.3, -0.25) is 4.98 Å². The zero-order chi connectivity index (χ0) is 8.97. The first kappa shape index (κ1) is 9.16. The average molecular weight is 166 g/mol. The van der Waals surface area contributed by atoms with Crippen LogP contribution in [-0.2, 0) is 6.42 Å². The molecule has 0 unspecified atom stereocenters. The van der Waals surface area contributed by atoms with Gasteiger partial charge in [0.15, 0.2) is 0 Å². The van der Waals surface area contributed by atoms with Crippen molar-refractivity contribution in [3.63, 3.8) is 0 Å². The Kier molecular flexibility index (Phi) is 3.19. The van der Waals surface area contributed by atoms with E-state index < -0.39 is 0 Å². The summed E-state index contributed by atoms with van der Waals surface area (Å²) >= 11 is 0. The average Bonchev–Trinajstić information content (AvgIpc) is 2.16. The number of aliphatic hydroxyl groups excluding tert-OH is 1. The standard InChI is InChI=1S/C9H14N2O/c1-2-7-3-4-11-5-8(7)9(10)6-12/h3-5,9,12H,2,6,10H2,1H3/t9-/m0/s1. The Hall–Kier alpha value is -0.930. The van der Waals surface area contributed by atoms with Crippen LogP contribution in [0.3, 0.4) is 0 Å². The van der Waals surface area contributed by atoms with Crippen LogP contribution in [0.2, 0.25) is 0 Å². The fourth-order valence-corrected chi connectivity index (χ4v) is 1.19. The van der Waals surface area contributed by atoms with Gasteiger partial charge in [0.1, 0.15) is 0 Å². The second kappa shape index (κ2) is 4.18. The third-order valence-corrected chi connectivity index (χ3v) is 1.92. The van der Waals surface area contributed by atoms with Crippen molar-refractivity contribution < 1.29 is 5.11 Å². The molecule has 1 aromatic heterocycles. The Labute approximate surface area is 72.2 Å². The largest absolute Gasteiger partial charge is 0.394 e. The molecule has 0 spiro atoms. The van der Waals surface area contributed by atoms with E-state index in [-0.39, 0.29) is 12.6 Å². The van der Waals surface area contributed by atoms with Gasteiger partial charge in [0, 0.05) is 12.4 Å². The summed E-state index contributed by atoms with van der Waals surface area (Å²) in [6.07, 6.45) is 4.39. The van der Waals surface area contributed by atoms with E-state index in [2.05, 4.69) is 11.9 Å². The van der Waals surface area contributed by atoms with E-state index in [4.69, 9.17) is 10.8 Å². The molecule has 1 atom stereocenters. The maximum atomic E-state index is 8.86. The summed E-state index contributed by atoms with van der Waals surface area (Å²) in [7, 11) is 0. The summed E-state index contributed by atoms with van der Waals surface area (Å²) < 4.78 is 0. The molecule has 3 heteroatoms. The predicted octanol–water partition coefficient (Wildman–Crippen LogP) is 0.636. The monoisotopic (exact) mass is 166 g/mol. The van der Waals surface area contributed by atoms with Gasteiger partial charge in [0.25, 0.3) is 0 Å². The highest BCUT2D eigenvalue weighted by atomic mass is 16.3. The molecule has 0 saturated carbocycles. The van der Waals surface area contributed by atoms with Crippen LogP contribution in [0.25, 0.3) is 0 Å². The van der Waals surface area contributed by atoms with Gasteiger partial charge >= 0.3 is 0 Å². The molecule has 0 saturated heterocycles. The lowest BCUT2D eigenvalue weighted by Crippen LogP contribution is -2.16. The zero-order valence-corrected chi connectivity index (χ0v) is 7.20. The number of rotatable bonds is 3. The third kappa shape index (κ3) is 1.81. The summed E-state index contributed by atoms with van der Waals surface area (Å²) in [6.45, 7) is 2.03. The first-order valence-electron chi connectivity index (χ1n) is 4.08. The first-order valence-corrected chi connectivity index (χ1v) is 4.08. The number of hydrogen-bond donors (Lipinski definition) is 2. The van der Waals surface area contributed by atoms with Crippen LogP contribution in [0.1, 0.15) is 24.1 Å². The lowest BCUT2D eigenvalue weighted by molar-refractivity contribution is 0.267. The van der Waals surface area contributed by atoms with Crippen LogP contribution in [-0.4, -0.2) is 16.7 Å². The minimum absolute atomic E-state index is 0.0291. The fraction of sp³-hybridized carbons (Fsp3) is 0.444. The second-order valence-electron chi connectivity index (χ2n) is 2.72. The van der Waals surface area contributed by atoms with Crippen LogP contribution in [0, 0.1) is 0 Å². The van der Waals surface area contributed by atoms with Gasteiger partial charge in [-0.2, -0.15) is 0 Å². The number of aliphatic hydroxyl groups is 1. The molecule has 0 aliphatic heterocycles. The smallest absolute Gasteiger partial charge is 0.0625 e.